The molecule has 10 heteroatoms. The van der Waals surface area contributed by atoms with Gasteiger partial charge in [0.2, 0.25) is 5.91 Å². The van der Waals surface area contributed by atoms with E-state index in [2.05, 4.69) is 44.7 Å². The number of hydrogen-bond donors (Lipinski definition) is 2. The number of fused-ring (bicyclic) bond motifs is 1. The zero-order valence-electron chi connectivity index (χ0n) is 17.4. The van der Waals surface area contributed by atoms with Crippen LogP contribution in [0, 0.1) is 19.8 Å². The summed E-state index contributed by atoms with van der Waals surface area (Å²) in [7, 11) is 0. The third-order valence-electron chi connectivity index (χ3n) is 4.50. The highest BCUT2D eigenvalue weighted by molar-refractivity contribution is 7.98. The van der Waals surface area contributed by atoms with Crippen molar-refractivity contribution in [1.29, 1.82) is 0 Å². The molecular formula is C19H27N7O2S. The van der Waals surface area contributed by atoms with E-state index in [-0.39, 0.29) is 12.3 Å². The SMILES string of the molecule is CSc1nc(NCC(C)C)c2cnn(CCNC(=O)Cc3c(C)noc3C)c2n1. The number of amides is 1. The summed E-state index contributed by atoms with van der Waals surface area (Å²) in [5.41, 5.74) is 2.35. The molecule has 0 bridgehead atoms. The molecule has 3 heterocycles. The van der Waals surface area contributed by atoms with Crippen LogP contribution >= 0.6 is 11.8 Å². The summed E-state index contributed by atoms with van der Waals surface area (Å²) in [6.07, 6.45) is 3.97. The van der Waals surface area contributed by atoms with E-state index in [1.54, 1.807) is 10.9 Å². The minimum Gasteiger partial charge on any atom is -0.369 e. The van der Waals surface area contributed by atoms with Gasteiger partial charge in [-0.3, -0.25) is 4.79 Å². The Labute approximate surface area is 174 Å². The van der Waals surface area contributed by atoms with Crippen LogP contribution in [0.15, 0.2) is 15.9 Å². The summed E-state index contributed by atoms with van der Waals surface area (Å²) in [5.74, 6) is 1.90. The maximum absolute atomic E-state index is 12.3. The van der Waals surface area contributed by atoms with Gasteiger partial charge in [-0.25, -0.2) is 14.6 Å². The first-order valence-corrected chi connectivity index (χ1v) is 10.8. The number of carbonyl (C=O) groups excluding carboxylic acids is 1. The van der Waals surface area contributed by atoms with Crippen molar-refractivity contribution in [1.82, 2.24) is 30.2 Å². The van der Waals surface area contributed by atoms with Crippen LogP contribution in [0.1, 0.15) is 30.9 Å². The van der Waals surface area contributed by atoms with E-state index in [1.807, 2.05) is 20.1 Å². The van der Waals surface area contributed by atoms with Gasteiger partial charge in [-0.15, -0.1) is 0 Å². The lowest BCUT2D eigenvalue weighted by atomic mass is 10.1. The molecule has 0 aliphatic carbocycles. The van der Waals surface area contributed by atoms with Crippen LogP contribution < -0.4 is 10.6 Å². The Morgan fingerprint density at radius 2 is 2.10 bits per heavy atom. The maximum atomic E-state index is 12.3. The zero-order valence-corrected chi connectivity index (χ0v) is 18.3. The van der Waals surface area contributed by atoms with E-state index in [0.717, 1.165) is 34.7 Å². The predicted octanol–water partition coefficient (Wildman–Crippen LogP) is 2.58. The molecule has 0 aliphatic rings. The first kappa shape index (κ1) is 21.1. The number of nitrogens with zero attached hydrogens (tertiary/aromatic N) is 5. The van der Waals surface area contributed by atoms with Gasteiger partial charge >= 0.3 is 0 Å². The zero-order chi connectivity index (χ0) is 21.0. The van der Waals surface area contributed by atoms with Crippen LogP contribution in [-0.2, 0) is 17.8 Å². The molecule has 0 saturated carbocycles. The summed E-state index contributed by atoms with van der Waals surface area (Å²) in [4.78, 5) is 21.4. The number of anilines is 1. The summed E-state index contributed by atoms with van der Waals surface area (Å²) in [6.45, 7) is 9.74. The van der Waals surface area contributed by atoms with E-state index in [1.165, 1.54) is 11.8 Å². The molecule has 0 unspecified atom stereocenters. The Balaban J connectivity index is 1.67. The third kappa shape index (κ3) is 5.06. The van der Waals surface area contributed by atoms with Crippen LogP contribution in [0.25, 0.3) is 11.0 Å². The van der Waals surface area contributed by atoms with Crippen molar-refractivity contribution in [3.05, 3.63) is 23.2 Å². The second-order valence-corrected chi connectivity index (χ2v) is 8.04. The monoisotopic (exact) mass is 417 g/mol. The van der Waals surface area contributed by atoms with Gasteiger partial charge in [0.05, 0.1) is 30.2 Å². The molecule has 3 rings (SSSR count). The van der Waals surface area contributed by atoms with E-state index in [0.29, 0.717) is 29.9 Å². The Kier molecular flexibility index (Phi) is 6.73. The van der Waals surface area contributed by atoms with Gasteiger partial charge in [0.25, 0.3) is 0 Å². The number of aromatic nitrogens is 5. The van der Waals surface area contributed by atoms with Gasteiger partial charge in [0.15, 0.2) is 10.8 Å². The highest BCUT2D eigenvalue weighted by Crippen LogP contribution is 2.23. The molecule has 0 radical (unpaired) electrons. The van der Waals surface area contributed by atoms with E-state index >= 15 is 0 Å². The van der Waals surface area contributed by atoms with Crippen molar-refractivity contribution >= 4 is 34.5 Å². The van der Waals surface area contributed by atoms with Gasteiger partial charge in [0, 0.05) is 18.7 Å². The highest BCUT2D eigenvalue weighted by Gasteiger charge is 2.15. The lowest BCUT2D eigenvalue weighted by Crippen LogP contribution is -2.29. The predicted molar refractivity (Wildman–Crippen MR) is 113 cm³/mol. The smallest absolute Gasteiger partial charge is 0.224 e. The fourth-order valence-electron chi connectivity index (χ4n) is 2.90. The Bertz CT molecular complexity index is 977. The topological polar surface area (TPSA) is 111 Å². The molecule has 3 aromatic heterocycles. The Hall–Kier alpha value is -2.62. The van der Waals surface area contributed by atoms with Crippen LogP contribution in [0.4, 0.5) is 5.82 Å². The molecule has 9 nitrogen and oxygen atoms in total. The number of hydrogen-bond acceptors (Lipinski definition) is 8. The first-order valence-electron chi connectivity index (χ1n) is 9.59. The van der Waals surface area contributed by atoms with Crippen molar-refractivity contribution in [3.63, 3.8) is 0 Å². The average molecular weight is 418 g/mol. The number of aryl methyl sites for hydroxylation is 2. The van der Waals surface area contributed by atoms with Crippen molar-refractivity contribution in [2.24, 2.45) is 5.92 Å². The van der Waals surface area contributed by atoms with Crippen molar-refractivity contribution in [3.8, 4) is 0 Å². The maximum Gasteiger partial charge on any atom is 0.224 e. The first-order chi connectivity index (χ1) is 13.9. The van der Waals surface area contributed by atoms with Crippen molar-refractivity contribution < 1.29 is 9.32 Å². The summed E-state index contributed by atoms with van der Waals surface area (Å²) in [6, 6.07) is 0. The van der Waals surface area contributed by atoms with Gasteiger partial charge in [-0.1, -0.05) is 30.8 Å². The molecule has 0 saturated heterocycles. The van der Waals surface area contributed by atoms with Crippen LogP contribution in [0.3, 0.4) is 0 Å². The number of rotatable bonds is 9. The average Bonchev–Trinajstić information content (AvgIpc) is 3.24. The van der Waals surface area contributed by atoms with Gasteiger partial charge in [-0.2, -0.15) is 5.10 Å². The number of thioether (sulfide) groups is 1. The lowest BCUT2D eigenvalue weighted by Gasteiger charge is -2.11. The summed E-state index contributed by atoms with van der Waals surface area (Å²) in [5, 5.41) is 16.2. The minimum absolute atomic E-state index is 0.0745. The Morgan fingerprint density at radius 3 is 2.76 bits per heavy atom. The molecule has 2 N–H and O–H groups in total. The molecule has 0 fully saturated rings. The van der Waals surface area contributed by atoms with Crippen LogP contribution in [0.2, 0.25) is 0 Å². The molecule has 0 spiro atoms. The normalized spacial score (nSPS) is 11.4. The minimum atomic E-state index is -0.0745. The third-order valence-corrected chi connectivity index (χ3v) is 5.05. The molecule has 29 heavy (non-hydrogen) atoms. The molecule has 3 aromatic rings. The Morgan fingerprint density at radius 1 is 1.31 bits per heavy atom. The number of carbonyl (C=O) groups is 1. The van der Waals surface area contributed by atoms with Crippen LogP contribution in [-0.4, -0.2) is 50.2 Å². The second-order valence-electron chi connectivity index (χ2n) is 7.27. The molecule has 1 amide bonds. The molecular weight excluding hydrogens is 390 g/mol. The van der Waals surface area contributed by atoms with Gasteiger partial charge in [-0.05, 0) is 26.0 Å². The van der Waals surface area contributed by atoms with E-state index in [9.17, 15) is 4.79 Å². The largest absolute Gasteiger partial charge is 0.369 e. The summed E-state index contributed by atoms with van der Waals surface area (Å²) >= 11 is 1.49. The molecule has 0 atom stereocenters. The lowest BCUT2D eigenvalue weighted by molar-refractivity contribution is -0.120. The van der Waals surface area contributed by atoms with Gasteiger partial charge < -0.3 is 15.2 Å². The molecule has 0 aliphatic heterocycles. The van der Waals surface area contributed by atoms with Crippen LogP contribution in [0.5, 0.6) is 0 Å². The summed E-state index contributed by atoms with van der Waals surface area (Å²) < 4.78 is 6.91. The van der Waals surface area contributed by atoms with E-state index in [4.69, 9.17) is 4.52 Å². The van der Waals surface area contributed by atoms with Crippen molar-refractivity contribution in [2.75, 3.05) is 24.7 Å². The fraction of sp³-hybridized carbons (Fsp3) is 0.526. The quantitative estimate of drug-likeness (QED) is 0.404. The molecule has 0 aromatic carbocycles. The second kappa shape index (κ2) is 9.25. The molecule has 156 valence electrons. The van der Waals surface area contributed by atoms with Gasteiger partial charge in [0.1, 0.15) is 11.6 Å². The van der Waals surface area contributed by atoms with Crippen molar-refractivity contribution in [2.45, 2.75) is 45.8 Å². The highest BCUT2D eigenvalue weighted by atomic mass is 32.2. The standard InChI is InChI=1S/C19H27N7O2S/c1-11(2)9-21-17-15-10-22-26(18(15)24-19(23-17)29-5)7-6-20-16(27)8-14-12(3)25-28-13(14)4/h10-11H,6-9H2,1-5H3,(H,20,27)(H,21,23,24). The number of nitrogens with one attached hydrogen (secondary N) is 2. The fourth-order valence-corrected chi connectivity index (χ4v) is 3.26. The van der Waals surface area contributed by atoms with E-state index < -0.39 is 0 Å².